The Morgan fingerprint density at radius 2 is 2.50 bits per heavy atom. The van der Waals surface area contributed by atoms with Crippen LogP contribution in [0.3, 0.4) is 0 Å². The largest absolute Gasteiger partial charge is 0.381 e. The van der Waals surface area contributed by atoms with Gasteiger partial charge in [-0.15, -0.1) is 0 Å². The smallest absolute Gasteiger partial charge is 0.311 e. The number of anilines is 1. The van der Waals surface area contributed by atoms with Crippen molar-refractivity contribution in [3.63, 3.8) is 0 Å². The lowest BCUT2D eigenvalue weighted by Gasteiger charge is -2.10. The molecule has 0 amide bonds. The van der Waals surface area contributed by atoms with Crippen LogP contribution in [0, 0.1) is 27.4 Å². The SMILES string of the molecule is N#Cc1ccc([N+](=O)[O-])c(NC[C@@H]2CCOC2)n1. The topological polar surface area (TPSA) is 101 Å². The highest BCUT2D eigenvalue weighted by Gasteiger charge is 2.19. The molecule has 2 rings (SSSR count). The zero-order valence-electron chi connectivity index (χ0n) is 9.63. The lowest BCUT2D eigenvalue weighted by atomic mass is 10.1. The van der Waals surface area contributed by atoms with E-state index in [1.165, 1.54) is 12.1 Å². The summed E-state index contributed by atoms with van der Waals surface area (Å²) in [7, 11) is 0. The van der Waals surface area contributed by atoms with Gasteiger partial charge in [0.2, 0.25) is 5.82 Å². The second-order valence-electron chi connectivity index (χ2n) is 4.04. The maximum atomic E-state index is 10.8. The van der Waals surface area contributed by atoms with E-state index in [0.29, 0.717) is 19.1 Å². The Kier molecular flexibility index (Phi) is 3.69. The molecule has 0 aliphatic carbocycles. The predicted molar refractivity (Wildman–Crippen MR) is 63.0 cm³/mol. The van der Waals surface area contributed by atoms with Crippen molar-refractivity contribution in [2.75, 3.05) is 25.1 Å². The average molecular weight is 248 g/mol. The normalized spacial score (nSPS) is 18.3. The van der Waals surface area contributed by atoms with Crippen LogP contribution in [-0.2, 0) is 4.74 Å². The van der Waals surface area contributed by atoms with Crippen molar-refractivity contribution in [3.05, 3.63) is 27.9 Å². The molecule has 1 aliphatic rings. The number of nitriles is 1. The molecule has 1 saturated heterocycles. The van der Waals surface area contributed by atoms with E-state index in [1.54, 1.807) is 0 Å². The molecule has 0 saturated carbocycles. The van der Waals surface area contributed by atoms with Crippen LogP contribution in [0.1, 0.15) is 12.1 Å². The van der Waals surface area contributed by atoms with Crippen LogP contribution in [0.15, 0.2) is 12.1 Å². The third-order valence-electron chi connectivity index (χ3n) is 2.77. The van der Waals surface area contributed by atoms with Crippen LogP contribution in [-0.4, -0.2) is 29.7 Å². The van der Waals surface area contributed by atoms with Crippen LogP contribution < -0.4 is 5.32 Å². The van der Waals surface area contributed by atoms with Crippen molar-refractivity contribution < 1.29 is 9.66 Å². The Morgan fingerprint density at radius 1 is 1.67 bits per heavy atom. The molecule has 1 aliphatic heterocycles. The van der Waals surface area contributed by atoms with Crippen LogP contribution in [0.4, 0.5) is 11.5 Å². The highest BCUT2D eigenvalue weighted by Crippen LogP contribution is 2.23. The lowest BCUT2D eigenvalue weighted by Crippen LogP contribution is -2.16. The van der Waals surface area contributed by atoms with Crippen molar-refractivity contribution in [2.24, 2.45) is 5.92 Å². The summed E-state index contributed by atoms with van der Waals surface area (Å²) in [4.78, 5) is 14.2. The van der Waals surface area contributed by atoms with E-state index >= 15 is 0 Å². The quantitative estimate of drug-likeness (QED) is 0.636. The fraction of sp³-hybridized carbons (Fsp3) is 0.455. The molecule has 1 N–H and O–H groups in total. The number of nitro groups is 1. The molecule has 18 heavy (non-hydrogen) atoms. The van der Waals surface area contributed by atoms with Crippen LogP contribution in [0.25, 0.3) is 0 Å². The zero-order chi connectivity index (χ0) is 13.0. The highest BCUT2D eigenvalue weighted by molar-refractivity contribution is 5.57. The molecule has 0 unspecified atom stereocenters. The first-order valence-electron chi connectivity index (χ1n) is 5.58. The fourth-order valence-corrected chi connectivity index (χ4v) is 1.78. The van der Waals surface area contributed by atoms with Gasteiger partial charge in [-0.1, -0.05) is 0 Å². The van der Waals surface area contributed by atoms with E-state index in [2.05, 4.69) is 10.3 Å². The molecule has 1 atom stereocenters. The first-order chi connectivity index (χ1) is 8.70. The lowest BCUT2D eigenvalue weighted by molar-refractivity contribution is -0.384. The van der Waals surface area contributed by atoms with Gasteiger partial charge < -0.3 is 10.1 Å². The van der Waals surface area contributed by atoms with Crippen molar-refractivity contribution in [2.45, 2.75) is 6.42 Å². The molecule has 1 aromatic heterocycles. The second kappa shape index (κ2) is 5.42. The third-order valence-corrected chi connectivity index (χ3v) is 2.77. The van der Waals surface area contributed by atoms with Gasteiger partial charge in [0.05, 0.1) is 11.5 Å². The average Bonchev–Trinajstić information content (AvgIpc) is 2.88. The highest BCUT2D eigenvalue weighted by atomic mass is 16.6. The minimum atomic E-state index is -0.512. The van der Waals surface area contributed by atoms with Gasteiger partial charge in [0, 0.05) is 25.1 Å². The van der Waals surface area contributed by atoms with E-state index < -0.39 is 4.92 Å². The molecule has 7 heteroatoms. The van der Waals surface area contributed by atoms with Gasteiger partial charge >= 0.3 is 5.69 Å². The molecule has 1 aromatic rings. The summed E-state index contributed by atoms with van der Waals surface area (Å²) < 4.78 is 5.22. The van der Waals surface area contributed by atoms with Gasteiger partial charge in [-0.25, -0.2) is 4.98 Å². The van der Waals surface area contributed by atoms with E-state index in [9.17, 15) is 10.1 Å². The second-order valence-corrected chi connectivity index (χ2v) is 4.04. The Bertz CT molecular complexity index is 492. The molecule has 94 valence electrons. The Labute approximate surface area is 104 Å². The van der Waals surface area contributed by atoms with Gasteiger partial charge in [-0.2, -0.15) is 5.26 Å². The van der Waals surface area contributed by atoms with Gasteiger partial charge in [0.25, 0.3) is 0 Å². The summed E-state index contributed by atoms with van der Waals surface area (Å²) in [6, 6.07) is 4.49. The fourth-order valence-electron chi connectivity index (χ4n) is 1.78. The molecule has 0 bridgehead atoms. The molecule has 2 heterocycles. The molecular weight excluding hydrogens is 236 g/mol. The number of aromatic nitrogens is 1. The number of nitrogens with one attached hydrogen (secondary N) is 1. The standard InChI is InChI=1S/C11H12N4O3/c12-5-9-1-2-10(15(16)17)11(14-9)13-6-8-3-4-18-7-8/h1-2,8H,3-4,6-7H2,(H,13,14)/t8-/m0/s1. The molecule has 1 fully saturated rings. The van der Waals surface area contributed by atoms with E-state index in [-0.39, 0.29) is 17.2 Å². The zero-order valence-corrected chi connectivity index (χ0v) is 9.63. The summed E-state index contributed by atoms with van der Waals surface area (Å²) >= 11 is 0. The van der Waals surface area contributed by atoms with Crippen molar-refractivity contribution >= 4 is 11.5 Å². The Morgan fingerprint density at radius 3 is 3.11 bits per heavy atom. The van der Waals surface area contributed by atoms with Gasteiger partial charge in [-0.3, -0.25) is 10.1 Å². The van der Waals surface area contributed by atoms with Gasteiger partial charge in [0.15, 0.2) is 0 Å². The summed E-state index contributed by atoms with van der Waals surface area (Å²) in [5.74, 6) is 0.475. The first kappa shape index (κ1) is 12.3. The van der Waals surface area contributed by atoms with Crippen molar-refractivity contribution in [3.8, 4) is 6.07 Å². The predicted octanol–water partition coefficient (Wildman–Crippen LogP) is 1.31. The number of hydrogen-bond acceptors (Lipinski definition) is 6. The minimum absolute atomic E-state index is 0.118. The summed E-state index contributed by atoms with van der Waals surface area (Å²) in [6.07, 6.45) is 0.929. The van der Waals surface area contributed by atoms with Crippen molar-refractivity contribution in [1.82, 2.24) is 4.98 Å². The number of hydrogen-bond donors (Lipinski definition) is 1. The van der Waals surface area contributed by atoms with E-state index in [1.807, 2.05) is 6.07 Å². The number of rotatable bonds is 4. The Balaban J connectivity index is 2.13. The number of nitrogens with zero attached hydrogens (tertiary/aromatic N) is 3. The summed E-state index contributed by atoms with van der Waals surface area (Å²) in [5, 5.41) is 22.5. The van der Waals surface area contributed by atoms with Crippen LogP contribution >= 0.6 is 0 Å². The van der Waals surface area contributed by atoms with Crippen LogP contribution in [0.5, 0.6) is 0 Å². The molecule has 0 aromatic carbocycles. The molecule has 0 radical (unpaired) electrons. The Hall–Kier alpha value is -2.20. The van der Waals surface area contributed by atoms with E-state index in [0.717, 1.165) is 13.0 Å². The van der Waals surface area contributed by atoms with Crippen LogP contribution in [0.2, 0.25) is 0 Å². The molecule has 7 nitrogen and oxygen atoms in total. The van der Waals surface area contributed by atoms with Gasteiger partial charge in [-0.05, 0) is 12.5 Å². The van der Waals surface area contributed by atoms with E-state index in [4.69, 9.17) is 10.00 Å². The molecular formula is C11H12N4O3. The minimum Gasteiger partial charge on any atom is -0.381 e. The molecule has 0 spiro atoms. The summed E-state index contributed by atoms with van der Waals surface area (Å²) in [5.41, 5.74) is 0.0405. The number of ether oxygens (including phenoxy) is 1. The first-order valence-corrected chi connectivity index (χ1v) is 5.58. The maximum Gasteiger partial charge on any atom is 0.311 e. The van der Waals surface area contributed by atoms with Gasteiger partial charge in [0.1, 0.15) is 11.8 Å². The third kappa shape index (κ3) is 2.73. The monoisotopic (exact) mass is 248 g/mol. The van der Waals surface area contributed by atoms with Crippen molar-refractivity contribution in [1.29, 1.82) is 5.26 Å². The summed E-state index contributed by atoms with van der Waals surface area (Å²) in [6.45, 7) is 1.93. The maximum absolute atomic E-state index is 10.8. The number of pyridine rings is 1.